The third-order valence-corrected chi connectivity index (χ3v) is 2.45. The van der Waals surface area contributed by atoms with Crippen molar-refractivity contribution in [2.45, 2.75) is 13.5 Å². The summed E-state index contributed by atoms with van der Waals surface area (Å²) < 4.78 is 0. The second-order valence-corrected chi connectivity index (χ2v) is 3.42. The van der Waals surface area contributed by atoms with Crippen LogP contribution in [-0.2, 0) is 6.54 Å². The van der Waals surface area contributed by atoms with Gasteiger partial charge >= 0.3 is 0 Å². The van der Waals surface area contributed by atoms with Gasteiger partial charge in [0.05, 0.1) is 0 Å². The molecule has 0 fully saturated rings. The van der Waals surface area contributed by atoms with Gasteiger partial charge in [0, 0.05) is 6.54 Å². The summed E-state index contributed by atoms with van der Waals surface area (Å²) in [5.41, 5.74) is 1.38. The summed E-state index contributed by atoms with van der Waals surface area (Å²) in [6.45, 7) is 4.10. The molecule has 0 amide bonds. The maximum absolute atomic E-state index is 3.36. The van der Waals surface area contributed by atoms with Gasteiger partial charge in [0.25, 0.3) is 0 Å². The first-order chi connectivity index (χ1) is 6.92. The molecule has 0 bridgehead atoms. The number of rotatable bonds is 3. The fourth-order valence-corrected chi connectivity index (χ4v) is 1.71. The van der Waals surface area contributed by atoms with Gasteiger partial charge in [-0.1, -0.05) is 49.4 Å². The van der Waals surface area contributed by atoms with Gasteiger partial charge in [0.15, 0.2) is 0 Å². The Balaban J connectivity index is 2.43. The minimum Gasteiger partial charge on any atom is -0.313 e. The molecule has 0 aliphatic heterocycles. The van der Waals surface area contributed by atoms with Crippen molar-refractivity contribution >= 4 is 10.8 Å². The number of hydrogen-bond acceptors (Lipinski definition) is 1. The zero-order chi connectivity index (χ0) is 9.80. The average Bonchev–Trinajstić information content (AvgIpc) is 2.26. The highest BCUT2D eigenvalue weighted by atomic mass is 14.8. The lowest BCUT2D eigenvalue weighted by molar-refractivity contribution is 0.730. The predicted molar refractivity (Wildman–Crippen MR) is 61.3 cm³/mol. The number of benzene rings is 2. The molecule has 14 heavy (non-hydrogen) atoms. The molecule has 0 aliphatic rings. The normalized spacial score (nSPS) is 10.6. The zero-order valence-electron chi connectivity index (χ0n) is 8.46. The lowest BCUT2D eigenvalue weighted by Gasteiger charge is -2.06. The lowest BCUT2D eigenvalue weighted by Crippen LogP contribution is -2.11. The van der Waals surface area contributed by atoms with Crippen LogP contribution in [0.2, 0.25) is 0 Å². The molecular formula is C13H15N. The highest BCUT2D eigenvalue weighted by Crippen LogP contribution is 2.17. The SMILES string of the molecule is CCNCc1cccc2ccccc12. The standard InChI is InChI=1S/C13H15N/c1-2-14-10-12-8-5-7-11-6-3-4-9-13(11)12/h3-9,14H,2,10H2,1H3. The Morgan fingerprint density at radius 1 is 1.00 bits per heavy atom. The monoisotopic (exact) mass is 185 g/mol. The molecule has 2 aromatic rings. The van der Waals surface area contributed by atoms with Crippen molar-refractivity contribution in [1.29, 1.82) is 0 Å². The van der Waals surface area contributed by atoms with Crippen LogP contribution in [0.15, 0.2) is 42.5 Å². The summed E-state index contributed by atoms with van der Waals surface area (Å²) >= 11 is 0. The Morgan fingerprint density at radius 2 is 1.79 bits per heavy atom. The quantitative estimate of drug-likeness (QED) is 0.775. The molecule has 0 heterocycles. The fraction of sp³-hybridized carbons (Fsp3) is 0.231. The molecule has 2 aromatic carbocycles. The number of fused-ring (bicyclic) bond motifs is 1. The Hall–Kier alpha value is -1.34. The van der Waals surface area contributed by atoms with E-state index in [2.05, 4.69) is 54.7 Å². The third kappa shape index (κ3) is 1.78. The van der Waals surface area contributed by atoms with Crippen molar-refractivity contribution in [2.24, 2.45) is 0 Å². The van der Waals surface area contributed by atoms with E-state index in [4.69, 9.17) is 0 Å². The first-order valence-electron chi connectivity index (χ1n) is 5.09. The first-order valence-corrected chi connectivity index (χ1v) is 5.09. The summed E-state index contributed by atoms with van der Waals surface area (Å²) in [4.78, 5) is 0. The van der Waals surface area contributed by atoms with Crippen LogP contribution < -0.4 is 5.32 Å². The van der Waals surface area contributed by atoms with Gasteiger partial charge < -0.3 is 5.32 Å². The third-order valence-electron chi connectivity index (χ3n) is 2.45. The van der Waals surface area contributed by atoms with Gasteiger partial charge in [-0.25, -0.2) is 0 Å². The summed E-state index contributed by atoms with van der Waals surface area (Å²) in [5, 5.41) is 6.04. The molecule has 1 nitrogen and oxygen atoms in total. The van der Waals surface area contributed by atoms with E-state index in [9.17, 15) is 0 Å². The van der Waals surface area contributed by atoms with E-state index in [1.807, 2.05) is 0 Å². The van der Waals surface area contributed by atoms with Gasteiger partial charge in [-0.3, -0.25) is 0 Å². The van der Waals surface area contributed by atoms with Crippen LogP contribution in [0, 0.1) is 0 Å². The minimum atomic E-state index is 0.956. The Labute approximate surface area is 84.8 Å². The highest BCUT2D eigenvalue weighted by molar-refractivity contribution is 5.85. The van der Waals surface area contributed by atoms with Crippen molar-refractivity contribution in [3.8, 4) is 0 Å². The van der Waals surface area contributed by atoms with E-state index < -0.39 is 0 Å². The van der Waals surface area contributed by atoms with Crippen molar-refractivity contribution in [3.63, 3.8) is 0 Å². The minimum absolute atomic E-state index is 0.956. The van der Waals surface area contributed by atoms with Crippen LogP contribution in [-0.4, -0.2) is 6.54 Å². The van der Waals surface area contributed by atoms with Crippen LogP contribution in [0.3, 0.4) is 0 Å². The Kier molecular flexibility index (Phi) is 2.80. The molecule has 0 aliphatic carbocycles. The van der Waals surface area contributed by atoms with E-state index >= 15 is 0 Å². The topological polar surface area (TPSA) is 12.0 Å². The summed E-state index contributed by atoms with van der Waals surface area (Å²) in [7, 11) is 0. The molecule has 0 unspecified atom stereocenters. The van der Waals surface area contributed by atoms with Crippen LogP contribution >= 0.6 is 0 Å². The summed E-state index contributed by atoms with van der Waals surface area (Å²) in [6.07, 6.45) is 0. The van der Waals surface area contributed by atoms with Crippen molar-refractivity contribution < 1.29 is 0 Å². The van der Waals surface area contributed by atoms with E-state index in [1.54, 1.807) is 0 Å². The van der Waals surface area contributed by atoms with Crippen LogP contribution in [0.5, 0.6) is 0 Å². The first kappa shape index (κ1) is 9.22. The molecule has 1 N–H and O–H groups in total. The fourth-order valence-electron chi connectivity index (χ4n) is 1.71. The van der Waals surface area contributed by atoms with Crippen LogP contribution in [0.4, 0.5) is 0 Å². The number of hydrogen-bond donors (Lipinski definition) is 1. The van der Waals surface area contributed by atoms with Gasteiger partial charge in [-0.2, -0.15) is 0 Å². The molecule has 0 radical (unpaired) electrons. The molecule has 0 saturated carbocycles. The molecule has 2 rings (SSSR count). The molecule has 0 atom stereocenters. The van der Waals surface area contributed by atoms with E-state index in [0.717, 1.165) is 13.1 Å². The van der Waals surface area contributed by atoms with Gasteiger partial charge in [0.2, 0.25) is 0 Å². The smallest absolute Gasteiger partial charge is 0.0211 e. The van der Waals surface area contributed by atoms with E-state index in [1.165, 1.54) is 16.3 Å². The second kappa shape index (κ2) is 4.25. The van der Waals surface area contributed by atoms with Crippen molar-refractivity contribution in [2.75, 3.05) is 6.54 Å². The van der Waals surface area contributed by atoms with Crippen LogP contribution in [0.25, 0.3) is 10.8 Å². The molecule has 0 aromatic heterocycles. The maximum atomic E-state index is 3.36. The Bertz CT molecular complexity index is 415. The van der Waals surface area contributed by atoms with Crippen molar-refractivity contribution in [1.82, 2.24) is 5.32 Å². The van der Waals surface area contributed by atoms with Gasteiger partial charge in [0.1, 0.15) is 0 Å². The Morgan fingerprint density at radius 3 is 2.64 bits per heavy atom. The predicted octanol–water partition coefficient (Wildman–Crippen LogP) is 2.95. The highest BCUT2D eigenvalue weighted by Gasteiger charge is 1.97. The average molecular weight is 185 g/mol. The zero-order valence-corrected chi connectivity index (χ0v) is 8.46. The largest absolute Gasteiger partial charge is 0.313 e. The molecule has 0 spiro atoms. The van der Waals surface area contributed by atoms with Gasteiger partial charge in [-0.15, -0.1) is 0 Å². The van der Waals surface area contributed by atoms with E-state index in [-0.39, 0.29) is 0 Å². The van der Waals surface area contributed by atoms with E-state index in [0.29, 0.717) is 0 Å². The van der Waals surface area contributed by atoms with Crippen LogP contribution in [0.1, 0.15) is 12.5 Å². The number of nitrogens with one attached hydrogen (secondary N) is 1. The second-order valence-electron chi connectivity index (χ2n) is 3.42. The molecule has 72 valence electrons. The molecular weight excluding hydrogens is 170 g/mol. The summed E-state index contributed by atoms with van der Waals surface area (Å²) in [6, 6.07) is 15.0. The lowest BCUT2D eigenvalue weighted by atomic mass is 10.0. The molecule has 1 heteroatoms. The molecule has 0 saturated heterocycles. The van der Waals surface area contributed by atoms with Gasteiger partial charge in [-0.05, 0) is 22.9 Å². The summed E-state index contributed by atoms with van der Waals surface area (Å²) in [5.74, 6) is 0. The van der Waals surface area contributed by atoms with Crippen molar-refractivity contribution in [3.05, 3.63) is 48.0 Å². The maximum Gasteiger partial charge on any atom is 0.0211 e.